The third-order valence-corrected chi connectivity index (χ3v) is 5.27. The van der Waals surface area contributed by atoms with Crippen molar-refractivity contribution in [1.82, 2.24) is 15.1 Å². The number of hydrogen-bond acceptors (Lipinski definition) is 3. The van der Waals surface area contributed by atoms with Gasteiger partial charge in [-0.05, 0) is 36.6 Å². The Bertz CT molecular complexity index is 706. The number of nitrogens with zero attached hydrogens (tertiary/aromatic N) is 2. The molecule has 2 aromatic carbocycles. The van der Waals surface area contributed by atoms with Gasteiger partial charge < -0.3 is 10.2 Å². The highest BCUT2D eigenvalue weighted by Crippen LogP contribution is 2.21. The minimum absolute atomic E-state index is 0.0173. The highest BCUT2D eigenvalue weighted by Gasteiger charge is 2.19. The average Bonchev–Trinajstić information content (AvgIpc) is 2.70. The van der Waals surface area contributed by atoms with Crippen molar-refractivity contribution in [2.24, 2.45) is 0 Å². The van der Waals surface area contributed by atoms with E-state index in [0.717, 1.165) is 38.3 Å². The number of hydrogen-bond donors (Lipinski definition) is 1. The van der Waals surface area contributed by atoms with E-state index in [1.54, 1.807) is 0 Å². The fourth-order valence-corrected chi connectivity index (χ4v) is 3.66. The van der Waals surface area contributed by atoms with Gasteiger partial charge in [0.05, 0.1) is 12.6 Å². The summed E-state index contributed by atoms with van der Waals surface area (Å²) in [6, 6.07) is 18.8. The lowest BCUT2D eigenvalue weighted by Gasteiger charge is -2.34. The Morgan fingerprint density at radius 2 is 1.52 bits per heavy atom. The van der Waals surface area contributed by atoms with Gasteiger partial charge in [0, 0.05) is 26.2 Å². The summed E-state index contributed by atoms with van der Waals surface area (Å²) in [5, 5.41) is 3.14. The average molecular weight is 366 g/mol. The van der Waals surface area contributed by atoms with Crippen LogP contribution in [0.1, 0.15) is 31.9 Å². The van der Waals surface area contributed by atoms with Crippen LogP contribution in [0, 0.1) is 0 Å². The van der Waals surface area contributed by atoms with E-state index in [1.165, 1.54) is 17.5 Å². The van der Waals surface area contributed by atoms with Gasteiger partial charge in [0.15, 0.2) is 0 Å². The number of rotatable bonds is 7. The zero-order valence-electron chi connectivity index (χ0n) is 16.5. The molecule has 1 saturated heterocycles. The Morgan fingerprint density at radius 3 is 2.15 bits per heavy atom. The van der Waals surface area contributed by atoms with E-state index in [-0.39, 0.29) is 11.9 Å². The van der Waals surface area contributed by atoms with Crippen LogP contribution in [0.4, 0.5) is 0 Å². The second-order valence-electron chi connectivity index (χ2n) is 7.40. The third-order valence-electron chi connectivity index (χ3n) is 5.27. The number of nitrogens with one attached hydrogen (secondary N) is 1. The number of benzene rings is 2. The summed E-state index contributed by atoms with van der Waals surface area (Å²) >= 11 is 0. The van der Waals surface area contributed by atoms with Crippen molar-refractivity contribution in [1.29, 1.82) is 0 Å². The number of carbonyl (C=O) groups is 1. The van der Waals surface area contributed by atoms with E-state index in [0.29, 0.717) is 6.54 Å². The highest BCUT2D eigenvalue weighted by molar-refractivity contribution is 5.78. The summed E-state index contributed by atoms with van der Waals surface area (Å²) in [5.74, 6) is 0.110. The van der Waals surface area contributed by atoms with Crippen molar-refractivity contribution in [3.8, 4) is 11.1 Å². The molecule has 1 amide bonds. The molecule has 1 aliphatic rings. The van der Waals surface area contributed by atoms with Gasteiger partial charge >= 0.3 is 0 Å². The predicted molar refractivity (Wildman–Crippen MR) is 112 cm³/mol. The van der Waals surface area contributed by atoms with Crippen molar-refractivity contribution >= 4 is 5.91 Å². The standard InChI is InChI=1S/C23H31N3O/c1-3-13-25-14-16-26(17-15-25)18-23(27)24-19(2)20-9-11-22(12-10-20)21-7-5-4-6-8-21/h4-12,19H,3,13-18H2,1-2H3,(H,24,27)/t19-/m1/s1. The first-order valence-electron chi connectivity index (χ1n) is 10.0. The third kappa shape index (κ3) is 5.65. The lowest BCUT2D eigenvalue weighted by atomic mass is 10.0. The summed E-state index contributed by atoms with van der Waals surface area (Å²) in [5.41, 5.74) is 3.54. The van der Waals surface area contributed by atoms with E-state index in [9.17, 15) is 4.79 Å². The first kappa shape index (κ1) is 19.6. The Labute approximate surface area is 163 Å². The summed E-state index contributed by atoms with van der Waals surface area (Å²) in [6.07, 6.45) is 1.20. The molecular weight excluding hydrogens is 334 g/mol. The number of carbonyl (C=O) groups excluding carboxylic acids is 1. The molecule has 0 spiro atoms. The molecule has 0 aromatic heterocycles. The van der Waals surface area contributed by atoms with Gasteiger partial charge in [-0.2, -0.15) is 0 Å². The van der Waals surface area contributed by atoms with E-state index in [1.807, 2.05) is 18.2 Å². The monoisotopic (exact) mass is 365 g/mol. The summed E-state index contributed by atoms with van der Waals surface area (Å²) in [6.45, 7) is 10.0. The zero-order valence-corrected chi connectivity index (χ0v) is 16.5. The molecule has 4 heteroatoms. The Balaban J connectivity index is 1.48. The maximum absolute atomic E-state index is 12.4. The molecule has 144 valence electrons. The van der Waals surface area contributed by atoms with Crippen LogP contribution in [0.2, 0.25) is 0 Å². The molecule has 3 rings (SSSR count). The highest BCUT2D eigenvalue weighted by atomic mass is 16.2. The summed E-state index contributed by atoms with van der Waals surface area (Å²) in [7, 11) is 0. The minimum atomic E-state index is 0.0173. The fraction of sp³-hybridized carbons (Fsp3) is 0.435. The van der Waals surface area contributed by atoms with Crippen molar-refractivity contribution in [3.63, 3.8) is 0 Å². The predicted octanol–water partition coefficient (Wildman–Crippen LogP) is 3.56. The molecule has 27 heavy (non-hydrogen) atoms. The molecule has 1 aliphatic heterocycles. The lowest BCUT2D eigenvalue weighted by Crippen LogP contribution is -2.49. The minimum Gasteiger partial charge on any atom is -0.348 e. The molecule has 2 aromatic rings. The van der Waals surface area contributed by atoms with Crippen LogP contribution >= 0.6 is 0 Å². The van der Waals surface area contributed by atoms with Crippen LogP contribution < -0.4 is 5.32 Å². The molecular formula is C23H31N3O. The molecule has 0 saturated carbocycles. The smallest absolute Gasteiger partial charge is 0.234 e. The number of piperazine rings is 1. The molecule has 0 aliphatic carbocycles. The van der Waals surface area contributed by atoms with Gasteiger partial charge in [0.2, 0.25) is 5.91 Å². The van der Waals surface area contributed by atoms with Gasteiger partial charge in [-0.25, -0.2) is 0 Å². The molecule has 1 N–H and O–H groups in total. The van der Waals surface area contributed by atoms with Crippen LogP contribution in [0.15, 0.2) is 54.6 Å². The van der Waals surface area contributed by atoms with Gasteiger partial charge in [0.1, 0.15) is 0 Å². The van der Waals surface area contributed by atoms with Crippen LogP contribution in [0.25, 0.3) is 11.1 Å². The number of amides is 1. The molecule has 0 bridgehead atoms. The lowest BCUT2D eigenvalue weighted by molar-refractivity contribution is -0.123. The molecule has 1 fully saturated rings. The summed E-state index contributed by atoms with van der Waals surface area (Å²) < 4.78 is 0. The quantitative estimate of drug-likeness (QED) is 0.815. The second kappa shape index (κ2) is 9.67. The largest absolute Gasteiger partial charge is 0.348 e. The van der Waals surface area contributed by atoms with Crippen LogP contribution in [-0.2, 0) is 4.79 Å². The van der Waals surface area contributed by atoms with Gasteiger partial charge in [-0.15, -0.1) is 0 Å². The SMILES string of the molecule is CCCN1CCN(CC(=O)N[C@H](C)c2ccc(-c3ccccc3)cc2)CC1. The first-order chi connectivity index (χ1) is 13.2. The van der Waals surface area contributed by atoms with Gasteiger partial charge in [0.25, 0.3) is 0 Å². The van der Waals surface area contributed by atoms with Crippen molar-refractivity contribution < 1.29 is 4.79 Å². The zero-order chi connectivity index (χ0) is 19.1. The van der Waals surface area contributed by atoms with Crippen molar-refractivity contribution in [2.45, 2.75) is 26.3 Å². The van der Waals surface area contributed by atoms with Gasteiger partial charge in [-0.3, -0.25) is 9.69 Å². The van der Waals surface area contributed by atoms with E-state index in [2.05, 4.69) is 65.4 Å². The molecule has 1 heterocycles. The second-order valence-corrected chi connectivity index (χ2v) is 7.40. The van der Waals surface area contributed by atoms with E-state index in [4.69, 9.17) is 0 Å². The van der Waals surface area contributed by atoms with E-state index < -0.39 is 0 Å². The maximum atomic E-state index is 12.4. The first-order valence-corrected chi connectivity index (χ1v) is 10.0. The maximum Gasteiger partial charge on any atom is 0.234 e. The summed E-state index contributed by atoms with van der Waals surface area (Å²) in [4.78, 5) is 17.2. The van der Waals surface area contributed by atoms with Gasteiger partial charge in [-0.1, -0.05) is 61.5 Å². The molecule has 0 radical (unpaired) electrons. The van der Waals surface area contributed by atoms with Crippen molar-refractivity contribution in [2.75, 3.05) is 39.3 Å². The Hall–Kier alpha value is -2.17. The van der Waals surface area contributed by atoms with Crippen molar-refractivity contribution in [3.05, 3.63) is 60.2 Å². The Kier molecular flexibility index (Phi) is 7.02. The Morgan fingerprint density at radius 1 is 0.926 bits per heavy atom. The van der Waals surface area contributed by atoms with Crippen LogP contribution in [-0.4, -0.2) is 55.0 Å². The van der Waals surface area contributed by atoms with E-state index >= 15 is 0 Å². The van der Waals surface area contributed by atoms with Crippen LogP contribution in [0.5, 0.6) is 0 Å². The molecule has 0 unspecified atom stereocenters. The molecule has 4 nitrogen and oxygen atoms in total. The fourth-order valence-electron chi connectivity index (χ4n) is 3.66. The normalized spacial score (nSPS) is 16.8. The topological polar surface area (TPSA) is 35.6 Å². The van der Waals surface area contributed by atoms with Crippen LogP contribution in [0.3, 0.4) is 0 Å². The molecule has 1 atom stereocenters.